The minimum absolute atomic E-state index is 0.0536. The van der Waals surface area contributed by atoms with E-state index in [0.717, 1.165) is 38.5 Å². The lowest BCUT2D eigenvalue weighted by Gasteiger charge is -2.13. The summed E-state index contributed by atoms with van der Waals surface area (Å²) in [4.78, 5) is 3.98. The number of rotatable bonds is 6. The van der Waals surface area contributed by atoms with Crippen LogP contribution < -0.4 is 4.72 Å². The van der Waals surface area contributed by atoms with Gasteiger partial charge in [0.1, 0.15) is 11.3 Å². The van der Waals surface area contributed by atoms with Crippen molar-refractivity contribution in [2.45, 2.75) is 20.4 Å². The minimum Gasteiger partial charge on any atom is -0.492 e. The maximum Gasteiger partial charge on any atom is 0.236 e. The maximum atomic E-state index is 13.6. The molecule has 3 aromatic heterocycles. The van der Waals surface area contributed by atoms with E-state index in [1.807, 2.05) is 55.2 Å². The van der Waals surface area contributed by atoms with Gasteiger partial charge in [0.05, 0.1) is 17.0 Å². The van der Waals surface area contributed by atoms with Crippen LogP contribution in [0.3, 0.4) is 0 Å². The van der Waals surface area contributed by atoms with Gasteiger partial charge in [-0.1, -0.05) is 6.07 Å². The van der Waals surface area contributed by atoms with E-state index in [-0.39, 0.29) is 17.5 Å². The van der Waals surface area contributed by atoms with E-state index in [1.54, 1.807) is 23.8 Å². The molecular weight excluding hydrogens is 467 g/mol. The number of hydrogen-bond donors (Lipinski definition) is 2. The summed E-state index contributed by atoms with van der Waals surface area (Å²) in [5, 5.41) is 11.9. The molecule has 180 valence electrons. The highest BCUT2D eigenvalue weighted by Gasteiger charge is 2.18. The van der Waals surface area contributed by atoms with E-state index in [9.17, 15) is 17.9 Å². The number of pyridine rings is 1. The molecule has 35 heavy (non-hydrogen) atoms. The highest BCUT2D eigenvalue weighted by atomic mass is 32.2. The van der Waals surface area contributed by atoms with Crippen molar-refractivity contribution in [2.75, 3.05) is 10.5 Å². The van der Waals surface area contributed by atoms with Crippen LogP contribution in [0.1, 0.15) is 18.1 Å². The van der Waals surface area contributed by atoms with Gasteiger partial charge in [-0.25, -0.2) is 17.8 Å². The summed E-state index contributed by atoms with van der Waals surface area (Å²) in [6, 6.07) is 12.2. The van der Waals surface area contributed by atoms with E-state index in [4.69, 9.17) is 0 Å². The monoisotopic (exact) mass is 492 g/mol. The molecule has 2 aromatic carbocycles. The first-order valence-electron chi connectivity index (χ1n) is 11.2. The van der Waals surface area contributed by atoms with Crippen molar-refractivity contribution < 1.29 is 17.9 Å². The number of fused-ring (bicyclic) bond motifs is 2. The van der Waals surface area contributed by atoms with Crippen molar-refractivity contribution in [3.8, 4) is 17.0 Å². The highest BCUT2D eigenvalue weighted by molar-refractivity contribution is 7.92. The average Bonchev–Trinajstić information content (AvgIpc) is 3.37. The van der Waals surface area contributed by atoms with Crippen molar-refractivity contribution in [3.05, 3.63) is 78.0 Å². The van der Waals surface area contributed by atoms with Gasteiger partial charge in [-0.15, -0.1) is 0 Å². The zero-order valence-corrected chi connectivity index (χ0v) is 20.4. The summed E-state index contributed by atoms with van der Waals surface area (Å²) in [7, 11) is -1.70. The topological polar surface area (TPSA) is 89.2 Å². The van der Waals surface area contributed by atoms with Crippen molar-refractivity contribution in [1.82, 2.24) is 14.1 Å². The molecule has 2 N–H and O–H groups in total. The third-order valence-corrected chi connectivity index (χ3v) is 7.65. The van der Waals surface area contributed by atoms with E-state index >= 15 is 0 Å². The number of aromatic nitrogens is 3. The molecule has 0 aliphatic carbocycles. The number of halogens is 1. The summed E-state index contributed by atoms with van der Waals surface area (Å²) in [6.07, 6.45) is 5.34. The van der Waals surface area contributed by atoms with E-state index in [2.05, 4.69) is 9.71 Å². The summed E-state index contributed by atoms with van der Waals surface area (Å²) in [5.41, 5.74) is 5.33. The van der Waals surface area contributed by atoms with Crippen molar-refractivity contribution >= 4 is 37.5 Å². The van der Waals surface area contributed by atoms with E-state index in [0.29, 0.717) is 17.7 Å². The highest BCUT2D eigenvalue weighted by Crippen LogP contribution is 2.38. The minimum atomic E-state index is -3.52. The number of aromatic hydroxyl groups is 1. The molecule has 0 aliphatic rings. The Hall–Kier alpha value is -3.85. The fourth-order valence-corrected chi connectivity index (χ4v) is 5.15. The van der Waals surface area contributed by atoms with E-state index < -0.39 is 10.0 Å². The summed E-state index contributed by atoms with van der Waals surface area (Å²) in [6.45, 7) is 3.96. The molecule has 0 atom stereocenters. The lowest BCUT2D eigenvalue weighted by Crippen LogP contribution is -2.14. The molecule has 0 aliphatic heterocycles. The standard InChI is InChI=1S/C26H25FN4O3S/c1-4-35(33,34)29-23-12-18(22-15-30(3)25-20(22)7-9-28-26(25)32)13-24-21(23)8-10-31(24)14-17-5-6-19(27)11-16(17)2/h5-13,15,29H,4,14H2,1-3H3,(H,28,32). The first-order chi connectivity index (χ1) is 16.7. The molecule has 0 unspecified atom stereocenters. The zero-order chi connectivity index (χ0) is 24.9. The molecule has 0 fully saturated rings. The fourth-order valence-electron chi connectivity index (χ4n) is 4.50. The molecule has 5 rings (SSSR count). The second-order valence-electron chi connectivity index (χ2n) is 8.66. The fraction of sp³-hybridized carbons (Fsp3) is 0.192. The van der Waals surface area contributed by atoms with Crippen LogP contribution in [-0.2, 0) is 23.6 Å². The van der Waals surface area contributed by atoms with Crippen LogP contribution in [0.15, 0.2) is 61.1 Å². The Morgan fingerprint density at radius 2 is 1.91 bits per heavy atom. The molecule has 0 saturated carbocycles. The average molecular weight is 493 g/mol. The first-order valence-corrected chi connectivity index (χ1v) is 12.8. The maximum absolute atomic E-state index is 13.6. The SMILES string of the molecule is CCS(=O)(=O)Nc1cc(-c2cn(C)c3c(O)nccc23)cc2c1ccn2Cc1ccc(F)cc1C. The van der Waals surface area contributed by atoms with Gasteiger partial charge in [-0.3, -0.25) is 4.72 Å². The smallest absolute Gasteiger partial charge is 0.236 e. The number of aryl methyl sites for hydroxylation is 2. The number of nitrogens with zero attached hydrogens (tertiary/aromatic N) is 3. The lowest BCUT2D eigenvalue weighted by atomic mass is 10.0. The largest absolute Gasteiger partial charge is 0.492 e. The molecule has 3 heterocycles. The predicted octanol–water partition coefficient (Wildman–Crippen LogP) is 5.16. The molecule has 0 spiro atoms. The van der Waals surface area contributed by atoms with Crippen LogP contribution in [-0.4, -0.2) is 33.4 Å². The van der Waals surface area contributed by atoms with Gasteiger partial charge < -0.3 is 14.2 Å². The summed E-state index contributed by atoms with van der Waals surface area (Å²) in [5.74, 6) is -0.405. The van der Waals surface area contributed by atoms with E-state index in [1.165, 1.54) is 12.1 Å². The molecule has 9 heteroatoms. The Bertz CT molecular complexity index is 1700. The van der Waals surface area contributed by atoms with Crippen LogP contribution in [0.2, 0.25) is 0 Å². The second kappa shape index (κ2) is 8.42. The third-order valence-electron chi connectivity index (χ3n) is 6.36. The van der Waals surface area contributed by atoms with Gasteiger partial charge in [0.25, 0.3) is 0 Å². The summed E-state index contributed by atoms with van der Waals surface area (Å²) < 4.78 is 45.2. The molecule has 0 radical (unpaired) electrons. The van der Waals surface area contributed by atoms with Gasteiger partial charge in [0.2, 0.25) is 15.9 Å². The number of benzene rings is 2. The molecule has 0 bridgehead atoms. The van der Waals surface area contributed by atoms with Crippen LogP contribution in [0.25, 0.3) is 32.9 Å². The van der Waals surface area contributed by atoms with Crippen LogP contribution in [0, 0.1) is 12.7 Å². The quantitative estimate of drug-likeness (QED) is 0.343. The van der Waals surface area contributed by atoms with Gasteiger partial charge in [0.15, 0.2) is 0 Å². The Morgan fingerprint density at radius 3 is 2.66 bits per heavy atom. The Kier molecular flexibility index (Phi) is 5.52. The van der Waals surface area contributed by atoms with Crippen LogP contribution in [0.4, 0.5) is 10.1 Å². The molecule has 0 amide bonds. The van der Waals surface area contributed by atoms with Gasteiger partial charge in [0, 0.05) is 48.5 Å². The molecule has 0 saturated heterocycles. The Balaban J connectivity index is 1.73. The van der Waals surface area contributed by atoms with Crippen molar-refractivity contribution in [3.63, 3.8) is 0 Å². The van der Waals surface area contributed by atoms with Gasteiger partial charge in [-0.2, -0.15) is 0 Å². The Labute approximate surface area is 202 Å². The number of anilines is 1. The first kappa shape index (κ1) is 22.9. The van der Waals surface area contributed by atoms with Crippen molar-refractivity contribution in [2.24, 2.45) is 7.05 Å². The van der Waals surface area contributed by atoms with Crippen LogP contribution >= 0.6 is 0 Å². The van der Waals surface area contributed by atoms with Crippen molar-refractivity contribution in [1.29, 1.82) is 0 Å². The molecule has 7 nitrogen and oxygen atoms in total. The molecular formula is C26H25FN4O3S. The third kappa shape index (κ3) is 4.12. The lowest BCUT2D eigenvalue weighted by molar-refractivity contribution is 0.457. The zero-order valence-electron chi connectivity index (χ0n) is 19.6. The number of sulfonamides is 1. The summed E-state index contributed by atoms with van der Waals surface area (Å²) >= 11 is 0. The molecule has 5 aromatic rings. The van der Waals surface area contributed by atoms with Crippen LogP contribution in [0.5, 0.6) is 5.88 Å². The number of hydrogen-bond acceptors (Lipinski definition) is 4. The second-order valence-corrected chi connectivity index (χ2v) is 10.7. The normalized spacial score (nSPS) is 12.0. The number of nitrogens with one attached hydrogen (secondary N) is 1. The van der Waals surface area contributed by atoms with Gasteiger partial charge >= 0.3 is 0 Å². The Morgan fingerprint density at radius 1 is 1.11 bits per heavy atom. The van der Waals surface area contributed by atoms with Gasteiger partial charge in [-0.05, 0) is 66.9 Å². The predicted molar refractivity (Wildman–Crippen MR) is 137 cm³/mol.